The van der Waals surface area contributed by atoms with Crippen molar-refractivity contribution in [2.24, 2.45) is 0 Å². The van der Waals surface area contributed by atoms with Crippen LogP contribution in [0.1, 0.15) is 15.9 Å². The zero-order valence-corrected chi connectivity index (χ0v) is 7.73. The molecule has 0 saturated heterocycles. The number of hydrogen-bond donors (Lipinski definition) is 0. The zero-order valence-electron chi connectivity index (χ0n) is 6.97. The molecule has 0 aliphatic heterocycles. The standard InChI is InChI=1S/C8H6ClNO4/c9-8(11)7-3-1-2-6(4-7)5-14-10(12)13/h1-4H,5H2. The molecule has 1 rings (SSSR count). The highest BCUT2D eigenvalue weighted by Gasteiger charge is 2.03. The molecular weight excluding hydrogens is 210 g/mol. The van der Waals surface area contributed by atoms with Gasteiger partial charge in [-0.2, -0.15) is 0 Å². The van der Waals surface area contributed by atoms with Gasteiger partial charge < -0.3 is 4.84 Å². The Kier molecular flexibility index (Phi) is 3.41. The van der Waals surface area contributed by atoms with Crippen molar-refractivity contribution in [3.63, 3.8) is 0 Å². The molecule has 0 heterocycles. The van der Waals surface area contributed by atoms with Crippen molar-refractivity contribution in [3.05, 3.63) is 45.5 Å². The van der Waals surface area contributed by atoms with Crippen molar-refractivity contribution in [2.75, 3.05) is 0 Å². The Morgan fingerprint density at radius 2 is 2.29 bits per heavy atom. The first-order valence-corrected chi connectivity index (χ1v) is 4.03. The highest BCUT2D eigenvalue weighted by molar-refractivity contribution is 6.67. The molecule has 0 saturated carbocycles. The molecular formula is C8H6ClNO4. The fourth-order valence-corrected chi connectivity index (χ4v) is 1.03. The van der Waals surface area contributed by atoms with Crippen LogP contribution in [0.3, 0.4) is 0 Å². The summed E-state index contributed by atoms with van der Waals surface area (Å²) in [7, 11) is 0. The van der Waals surface area contributed by atoms with Crippen LogP contribution in [0.5, 0.6) is 0 Å². The van der Waals surface area contributed by atoms with Crippen molar-refractivity contribution < 1.29 is 14.7 Å². The number of carbonyl (C=O) groups is 1. The molecule has 1 aromatic rings. The third kappa shape index (κ3) is 3.02. The third-order valence-electron chi connectivity index (χ3n) is 1.49. The number of halogens is 1. The van der Waals surface area contributed by atoms with Crippen molar-refractivity contribution in [1.82, 2.24) is 0 Å². The van der Waals surface area contributed by atoms with E-state index in [9.17, 15) is 14.9 Å². The lowest BCUT2D eigenvalue weighted by atomic mass is 10.1. The monoisotopic (exact) mass is 215 g/mol. The molecule has 0 bridgehead atoms. The molecule has 0 N–H and O–H groups in total. The number of rotatable bonds is 4. The fraction of sp³-hybridized carbons (Fsp3) is 0.125. The molecule has 0 atom stereocenters. The summed E-state index contributed by atoms with van der Waals surface area (Å²) in [5.74, 6) is 0. The van der Waals surface area contributed by atoms with Crippen LogP contribution in [0.25, 0.3) is 0 Å². The summed E-state index contributed by atoms with van der Waals surface area (Å²) in [5, 5.41) is 8.38. The fourth-order valence-electron chi connectivity index (χ4n) is 0.911. The SMILES string of the molecule is O=C(Cl)c1cccc(CO[N+](=O)[O-])c1. The van der Waals surface area contributed by atoms with Gasteiger partial charge in [0.2, 0.25) is 0 Å². The van der Waals surface area contributed by atoms with Gasteiger partial charge in [-0.25, -0.2) is 0 Å². The van der Waals surface area contributed by atoms with Gasteiger partial charge in [0.25, 0.3) is 10.3 Å². The first kappa shape index (κ1) is 10.5. The van der Waals surface area contributed by atoms with Gasteiger partial charge in [-0.05, 0) is 23.2 Å². The number of benzene rings is 1. The molecule has 0 aliphatic rings. The van der Waals surface area contributed by atoms with Gasteiger partial charge in [0.1, 0.15) is 6.61 Å². The van der Waals surface area contributed by atoms with Gasteiger partial charge in [0.15, 0.2) is 0 Å². The molecule has 0 unspecified atom stereocenters. The van der Waals surface area contributed by atoms with E-state index in [1.807, 2.05) is 0 Å². The van der Waals surface area contributed by atoms with Crippen molar-refractivity contribution in [1.29, 1.82) is 0 Å². The Bertz CT molecular complexity index is 366. The largest absolute Gasteiger partial charge is 0.309 e. The van der Waals surface area contributed by atoms with E-state index < -0.39 is 10.3 Å². The van der Waals surface area contributed by atoms with Crippen LogP contribution in [-0.4, -0.2) is 10.3 Å². The minimum atomic E-state index is -0.894. The van der Waals surface area contributed by atoms with Crippen LogP contribution in [0.4, 0.5) is 0 Å². The second-order valence-electron chi connectivity index (χ2n) is 2.47. The topological polar surface area (TPSA) is 69.4 Å². The van der Waals surface area contributed by atoms with Gasteiger partial charge in [0.05, 0.1) is 0 Å². The smallest absolute Gasteiger partial charge is 0.294 e. The Hall–Kier alpha value is -1.62. The van der Waals surface area contributed by atoms with E-state index in [0.29, 0.717) is 5.56 Å². The van der Waals surface area contributed by atoms with Gasteiger partial charge in [0, 0.05) is 5.56 Å². The van der Waals surface area contributed by atoms with Crippen molar-refractivity contribution >= 4 is 16.8 Å². The second kappa shape index (κ2) is 4.57. The van der Waals surface area contributed by atoms with E-state index >= 15 is 0 Å². The molecule has 0 spiro atoms. The zero-order chi connectivity index (χ0) is 10.6. The van der Waals surface area contributed by atoms with Crippen LogP contribution >= 0.6 is 11.6 Å². The molecule has 0 amide bonds. The molecule has 0 fully saturated rings. The van der Waals surface area contributed by atoms with Crippen molar-refractivity contribution in [3.8, 4) is 0 Å². The molecule has 74 valence electrons. The van der Waals surface area contributed by atoms with Gasteiger partial charge in [-0.3, -0.25) is 4.79 Å². The Morgan fingerprint density at radius 1 is 1.57 bits per heavy atom. The number of hydrogen-bond acceptors (Lipinski definition) is 4. The number of nitrogens with zero attached hydrogens (tertiary/aromatic N) is 1. The minimum Gasteiger partial charge on any atom is -0.309 e. The van der Waals surface area contributed by atoms with Crippen LogP contribution < -0.4 is 0 Å². The molecule has 14 heavy (non-hydrogen) atoms. The Morgan fingerprint density at radius 3 is 2.86 bits per heavy atom. The van der Waals surface area contributed by atoms with Crippen LogP contribution in [-0.2, 0) is 11.4 Å². The molecule has 6 heteroatoms. The molecule has 0 aromatic heterocycles. The summed E-state index contributed by atoms with van der Waals surface area (Å²) in [6.45, 7) is -0.189. The average molecular weight is 216 g/mol. The van der Waals surface area contributed by atoms with Crippen LogP contribution in [0.2, 0.25) is 0 Å². The van der Waals surface area contributed by atoms with Gasteiger partial charge >= 0.3 is 0 Å². The predicted octanol–water partition coefficient (Wildman–Crippen LogP) is 1.77. The molecule has 1 aromatic carbocycles. The highest BCUT2D eigenvalue weighted by Crippen LogP contribution is 2.08. The maximum absolute atomic E-state index is 10.7. The van der Waals surface area contributed by atoms with Gasteiger partial charge in [-0.15, -0.1) is 10.1 Å². The summed E-state index contributed by atoms with van der Waals surface area (Å²) < 4.78 is 0. The second-order valence-corrected chi connectivity index (χ2v) is 2.81. The summed E-state index contributed by atoms with van der Waals surface area (Å²) in [5.41, 5.74) is 0.810. The lowest BCUT2D eigenvalue weighted by molar-refractivity contribution is -0.763. The minimum absolute atomic E-state index is 0.189. The summed E-state index contributed by atoms with van der Waals surface area (Å²) in [6, 6.07) is 6.14. The Labute approximate surface area is 84.3 Å². The normalized spacial score (nSPS) is 9.50. The van der Waals surface area contributed by atoms with E-state index in [0.717, 1.165) is 0 Å². The van der Waals surface area contributed by atoms with Crippen LogP contribution in [0.15, 0.2) is 24.3 Å². The van der Waals surface area contributed by atoms with E-state index in [-0.39, 0.29) is 12.2 Å². The molecule has 0 radical (unpaired) electrons. The number of carbonyl (C=O) groups excluding carboxylic acids is 1. The quantitative estimate of drug-likeness (QED) is 0.436. The average Bonchev–Trinajstić information content (AvgIpc) is 2.15. The Balaban J connectivity index is 2.73. The maximum atomic E-state index is 10.7. The molecule has 0 aliphatic carbocycles. The highest BCUT2D eigenvalue weighted by atomic mass is 35.5. The van der Waals surface area contributed by atoms with Gasteiger partial charge in [-0.1, -0.05) is 18.2 Å². The van der Waals surface area contributed by atoms with Crippen LogP contribution in [0, 0.1) is 10.1 Å². The summed E-state index contributed by atoms with van der Waals surface area (Å²) in [4.78, 5) is 24.7. The first-order chi connectivity index (χ1) is 6.59. The maximum Gasteiger partial charge on any atom is 0.294 e. The molecule has 5 nitrogen and oxygen atoms in total. The van der Waals surface area contributed by atoms with E-state index in [4.69, 9.17) is 11.6 Å². The van der Waals surface area contributed by atoms with E-state index in [2.05, 4.69) is 4.84 Å². The van der Waals surface area contributed by atoms with Crippen molar-refractivity contribution in [2.45, 2.75) is 6.61 Å². The predicted molar refractivity (Wildman–Crippen MR) is 48.4 cm³/mol. The summed E-state index contributed by atoms with van der Waals surface area (Å²) in [6.07, 6.45) is 0. The third-order valence-corrected chi connectivity index (χ3v) is 1.71. The first-order valence-electron chi connectivity index (χ1n) is 3.65. The van der Waals surface area contributed by atoms with E-state index in [1.54, 1.807) is 12.1 Å². The summed E-state index contributed by atoms with van der Waals surface area (Å²) >= 11 is 5.22. The lowest BCUT2D eigenvalue weighted by Crippen LogP contribution is -2.01. The lowest BCUT2D eigenvalue weighted by Gasteiger charge is -2.00. The van der Waals surface area contributed by atoms with E-state index in [1.165, 1.54) is 12.1 Å².